The van der Waals surface area contributed by atoms with E-state index in [4.69, 9.17) is 4.74 Å². The first-order chi connectivity index (χ1) is 8.88. The average molecular weight is 263 g/mol. The van der Waals surface area contributed by atoms with Gasteiger partial charge in [-0.15, -0.1) is 0 Å². The molecule has 1 heterocycles. The molecule has 0 spiro atoms. The number of rotatable bonds is 2. The fraction of sp³-hybridized carbons (Fsp3) is 0.600. The van der Waals surface area contributed by atoms with Crippen LogP contribution >= 0.6 is 11.8 Å². The van der Waals surface area contributed by atoms with Gasteiger partial charge in [0.25, 0.3) is 0 Å². The van der Waals surface area contributed by atoms with Crippen LogP contribution in [0, 0.1) is 0 Å². The predicted molar refractivity (Wildman–Crippen MR) is 77.7 cm³/mol. The van der Waals surface area contributed by atoms with Crippen molar-refractivity contribution >= 4 is 11.8 Å². The smallest absolute Gasteiger partial charge is 0.122 e. The second-order valence-electron chi connectivity index (χ2n) is 5.14. The summed E-state index contributed by atoms with van der Waals surface area (Å²) in [7, 11) is 1.79. The van der Waals surface area contributed by atoms with Gasteiger partial charge in [0.15, 0.2) is 0 Å². The molecule has 1 fully saturated rings. The molecule has 0 amide bonds. The number of nitrogens with zero attached hydrogens (tertiary/aromatic N) is 1. The van der Waals surface area contributed by atoms with Crippen molar-refractivity contribution in [2.45, 2.75) is 25.3 Å². The van der Waals surface area contributed by atoms with Gasteiger partial charge in [-0.2, -0.15) is 11.8 Å². The number of fused-ring (bicyclic) bond motifs is 1. The van der Waals surface area contributed by atoms with Gasteiger partial charge in [0.2, 0.25) is 0 Å². The molecule has 0 saturated carbocycles. The SMILES string of the molecule is COc1cccc2c1CC(N1CCSCC1)CC2. The molecule has 0 aromatic heterocycles. The van der Waals surface area contributed by atoms with E-state index in [1.54, 1.807) is 7.11 Å². The Kier molecular flexibility index (Phi) is 3.80. The molecule has 2 aliphatic rings. The van der Waals surface area contributed by atoms with Crippen LogP contribution in [0.3, 0.4) is 0 Å². The lowest BCUT2D eigenvalue weighted by Crippen LogP contribution is -2.44. The number of hydrogen-bond acceptors (Lipinski definition) is 3. The Balaban J connectivity index is 1.79. The molecule has 2 nitrogen and oxygen atoms in total. The van der Waals surface area contributed by atoms with Crippen LogP contribution in [0.15, 0.2) is 18.2 Å². The molecule has 1 aliphatic heterocycles. The third-order valence-corrected chi connectivity index (χ3v) is 5.14. The minimum Gasteiger partial charge on any atom is -0.496 e. The van der Waals surface area contributed by atoms with Crippen molar-refractivity contribution in [3.05, 3.63) is 29.3 Å². The number of benzene rings is 1. The van der Waals surface area contributed by atoms with Gasteiger partial charge in [0.1, 0.15) is 5.75 Å². The Hall–Kier alpha value is -0.670. The Morgan fingerprint density at radius 3 is 2.89 bits per heavy atom. The first-order valence-electron chi connectivity index (χ1n) is 6.85. The summed E-state index contributed by atoms with van der Waals surface area (Å²) in [5, 5.41) is 0. The first-order valence-corrected chi connectivity index (χ1v) is 8.00. The quantitative estimate of drug-likeness (QED) is 0.814. The summed E-state index contributed by atoms with van der Waals surface area (Å²) in [6.07, 6.45) is 3.69. The lowest BCUT2D eigenvalue weighted by Gasteiger charge is -2.37. The third-order valence-electron chi connectivity index (χ3n) is 4.20. The number of hydrogen-bond donors (Lipinski definition) is 0. The number of aryl methyl sites for hydroxylation is 1. The Bertz CT molecular complexity index is 401. The lowest BCUT2D eigenvalue weighted by atomic mass is 9.87. The van der Waals surface area contributed by atoms with Crippen LogP contribution < -0.4 is 4.74 Å². The zero-order chi connectivity index (χ0) is 12.4. The molecule has 0 bridgehead atoms. The largest absolute Gasteiger partial charge is 0.496 e. The zero-order valence-electron chi connectivity index (χ0n) is 11.0. The maximum atomic E-state index is 5.53. The summed E-state index contributed by atoms with van der Waals surface area (Å²) in [6.45, 7) is 2.53. The summed E-state index contributed by atoms with van der Waals surface area (Å²) in [5.41, 5.74) is 2.95. The van der Waals surface area contributed by atoms with Gasteiger partial charge in [-0.1, -0.05) is 12.1 Å². The van der Waals surface area contributed by atoms with Gasteiger partial charge in [-0.3, -0.25) is 4.90 Å². The van der Waals surface area contributed by atoms with Crippen LogP contribution in [0.1, 0.15) is 17.5 Å². The molecule has 1 aliphatic carbocycles. The molecule has 1 aromatic carbocycles. The van der Waals surface area contributed by atoms with E-state index in [-0.39, 0.29) is 0 Å². The van der Waals surface area contributed by atoms with E-state index < -0.39 is 0 Å². The average Bonchev–Trinajstić information content (AvgIpc) is 2.47. The molecule has 1 atom stereocenters. The van der Waals surface area contributed by atoms with Crippen molar-refractivity contribution in [3.63, 3.8) is 0 Å². The molecular weight excluding hydrogens is 242 g/mol. The first kappa shape index (κ1) is 12.4. The van der Waals surface area contributed by atoms with Crippen LogP contribution in [0.5, 0.6) is 5.75 Å². The lowest BCUT2D eigenvalue weighted by molar-refractivity contribution is 0.196. The van der Waals surface area contributed by atoms with Crippen molar-refractivity contribution in [2.24, 2.45) is 0 Å². The minimum absolute atomic E-state index is 0.731. The maximum absolute atomic E-state index is 5.53. The number of thioether (sulfide) groups is 1. The second-order valence-corrected chi connectivity index (χ2v) is 6.37. The van der Waals surface area contributed by atoms with E-state index in [0.717, 1.165) is 11.8 Å². The van der Waals surface area contributed by atoms with Crippen molar-refractivity contribution in [3.8, 4) is 5.75 Å². The molecule has 18 heavy (non-hydrogen) atoms. The van der Waals surface area contributed by atoms with E-state index in [9.17, 15) is 0 Å². The van der Waals surface area contributed by atoms with E-state index >= 15 is 0 Å². The molecule has 1 aromatic rings. The van der Waals surface area contributed by atoms with Crippen molar-refractivity contribution in [1.29, 1.82) is 0 Å². The van der Waals surface area contributed by atoms with Gasteiger partial charge >= 0.3 is 0 Å². The molecule has 98 valence electrons. The van der Waals surface area contributed by atoms with Crippen LogP contribution in [0.25, 0.3) is 0 Å². The fourth-order valence-corrected chi connectivity index (χ4v) is 4.11. The van der Waals surface area contributed by atoms with Crippen LogP contribution in [0.4, 0.5) is 0 Å². The highest BCUT2D eigenvalue weighted by molar-refractivity contribution is 7.99. The molecule has 0 N–H and O–H groups in total. The minimum atomic E-state index is 0.731. The predicted octanol–water partition coefficient (Wildman–Crippen LogP) is 2.60. The highest BCUT2D eigenvalue weighted by Gasteiger charge is 2.26. The molecule has 3 heteroatoms. The Morgan fingerprint density at radius 2 is 2.11 bits per heavy atom. The van der Waals surface area contributed by atoms with Crippen molar-refractivity contribution < 1.29 is 4.74 Å². The fourth-order valence-electron chi connectivity index (χ4n) is 3.18. The van der Waals surface area contributed by atoms with Crippen LogP contribution in [-0.2, 0) is 12.8 Å². The van der Waals surface area contributed by atoms with Gasteiger partial charge in [0.05, 0.1) is 7.11 Å². The van der Waals surface area contributed by atoms with Gasteiger partial charge in [-0.05, 0) is 36.5 Å². The normalized spacial score (nSPS) is 24.6. The highest BCUT2D eigenvalue weighted by atomic mass is 32.2. The monoisotopic (exact) mass is 263 g/mol. The molecule has 3 rings (SSSR count). The standard InChI is InChI=1S/C15H21NOS/c1-17-15-4-2-3-12-5-6-13(11-14(12)15)16-7-9-18-10-8-16/h2-4,13H,5-11H2,1H3. The van der Waals surface area contributed by atoms with Crippen molar-refractivity contribution in [1.82, 2.24) is 4.90 Å². The summed E-state index contributed by atoms with van der Waals surface area (Å²) in [5.74, 6) is 3.69. The number of ether oxygens (including phenoxy) is 1. The van der Waals surface area contributed by atoms with Crippen LogP contribution in [0.2, 0.25) is 0 Å². The van der Waals surface area contributed by atoms with Crippen LogP contribution in [-0.4, -0.2) is 42.6 Å². The Morgan fingerprint density at radius 1 is 1.28 bits per heavy atom. The zero-order valence-corrected chi connectivity index (χ0v) is 11.8. The molecule has 0 radical (unpaired) electrons. The summed E-state index contributed by atoms with van der Waals surface area (Å²) in [6, 6.07) is 7.22. The summed E-state index contributed by atoms with van der Waals surface area (Å²) >= 11 is 2.09. The van der Waals surface area contributed by atoms with E-state index in [1.807, 2.05) is 0 Å². The second kappa shape index (κ2) is 5.54. The van der Waals surface area contributed by atoms with Gasteiger partial charge in [0, 0.05) is 30.6 Å². The Labute approximate surface area is 114 Å². The molecule has 1 unspecified atom stereocenters. The highest BCUT2D eigenvalue weighted by Crippen LogP contribution is 2.32. The topological polar surface area (TPSA) is 12.5 Å². The maximum Gasteiger partial charge on any atom is 0.122 e. The summed E-state index contributed by atoms with van der Waals surface area (Å²) in [4.78, 5) is 2.69. The van der Waals surface area contributed by atoms with Gasteiger partial charge in [-0.25, -0.2) is 0 Å². The van der Waals surface area contributed by atoms with E-state index in [1.165, 1.54) is 55.0 Å². The molecule has 1 saturated heterocycles. The van der Waals surface area contributed by atoms with Gasteiger partial charge < -0.3 is 4.74 Å². The van der Waals surface area contributed by atoms with Crippen molar-refractivity contribution in [2.75, 3.05) is 31.7 Å². The van der Waals surface area contributed by atoms with E-state index in [2.05, 4.69) is 34.9 Å². The van der Waals surface area contributed by atoms with E-state index in [0.29, 0.717) is 0 Å². The molecular formula is C15H21NOS. The third kappa shape index (κ3) is 2.39. The summed E-state index contributed by atoms with van der Waals surface area (Å²) < 4.78 is 5.53. The number of methoxy groups -OCH3 is 1.